The summed E-state index contributed by atoms with van der Waals surface area (Å²) in [5, 5.41) is 0. The maximum atomic E-state index is 2.79. The van der Waals surface area contributed by atoms with Gasteiger partial charge in [-0.25, -0.2) is 0 Å². The highest BCUT2D eigenvalue weighted by Crippen LogP contribution is 2.60. The summed E-state index contributed by atoms with van der Waals surface area (Å²) in [6, 6.07) is 0. The second kappa shape index (κ2) is 10.2. The highest BCUT2D eigenvalue weighted by atomic mass is 14.6. The van der Waals surface area contributed by atoms with Crippen molar-refractivity contribution in [3.63, 3.8) is 0 Å². The quantitative estimate of drug-likeness (QED) is 0.372. The second-order valence-electron chi connectivity index (χ2n) is 14.8. The Morgan fingerprint density at radius 1 is 0.909 bits per heavy atom. The van der Waals surface area contributed by atoms with Gasteiger partial charge in [-0.05, 0) is 96.2 Å². The molecule has 0 aromatic rings. The Morgan fingerprint density at radius 2 is 1.61 bits per heavy atom. The van der Waals surface area contributed by atoms with Gasteiger partial charge >= 0.3 is 0 Å². The molecule has 1 spiro atoms. The summed E-state index contributed by atoms with van der Waals surface area (Å²) in [5.41, 5.74) is 1.65. The summed E-state index contributed by atoms with van der Waals surface area (Å²) in [7, 11) is 0. The zero-order valence-electron chi connectivity index (χ0n) is 24.0. The van der Waals surface area contributed by atoms with Crippen LogP contribution in [0.4, 0.5) is 0 Å². The number of hydrogen-bond acceptors (Lipinski definition) is 0. The van der Waals surface area contributed by atoms with Crippen LogP contribution in [-0.4, -0.2) is 0 Å². The minimum Gasteiger partial charge on any atom is -0.0877 e. The van der Waals surface area contributed by atoms with Gasteiger partial charge < -0.3 is 0 Å². The van der Waals surface area contributed by atoms with E-state index in [9.17, 15) is 0 Å². The van der Waals surface area contributed by atoms with Crippen LogP contribution in [0.25, 0.3) is 0 Å². The molecule has 3 rings (SSSR count). The van der Waals surface area contributed by atoms with Crippen LogP contribution >= 0.6 is 0 Å². The maximum Gasteiger partial charge on any atom is -0.00414 e. The number of fused-ring (bicyclic) bond motifs is 1. The van der Waals surface area contributed by atoms with Gasteiger partial charge in [0.25, 0.3) is 0 Å². The lowest BCUT2D eigenvalue weighted by molar-refractivity contribution is -0.0000395. The molecule has 33 heavy (non-hydrogen) atoms. The number of rotatable bonds is 3. The van der Waals surface area contributed by atoms with Crippen molar-refractivity contribution < 1.29 is 0 Å². The Morgan fingerprint density at radius 3 is 2.27 bits per heavy atom. The highest BCUT2D eigenvalue weighted by molar-refractivity contribution is 5.14. The molecule has 0 aliphatic heterocycles. The largest absolute Gasteiger partial charge is 0.0877 e. The summed E-state index contributed by atoms with van der Waals surface area (Å²) < 4.78 is 0. The fourth-order valence-electron chi connectivity index (χ4n) is 8.89. The van der Waals surface area contributed by atoms with Gasteiger partial charge in [-0.3, -0.25) is 0 Å². The van der Waals surface area contributed by atoms with E-state index in [4.69, 9.17) is 0 Å². The summed E-state index contributed by atoms with van der Waals surface area (Å²) in [4.78, 5) is 0. The molecule has 2 fully saturated rings. The summed E-state index contributed by atoms with van der Waals surface area (Å²) in [6.07, 6.45) is 26.0. The number of hydrogen-bond donors (Lipinski definition) is 0. The Bertz CT molecular complexity index is 687. The fraction of sp³-hybridized carbons (Fsp3) is 0.879. The molecule has 0 radical (unpaired) electrons. The van der Waals surface area contributed by atoms with E-state index < -0.39 is 0 Å². The lowest BCUT2D eigenvalue weighted by Gasteiger charge is -2.53. The molecule has 190 valence electrons. The fourth-order valence-corrected chi connectivity index (χ4v) is 8.89. The van der Waals surface area contributed by atoms with Crippen molar-refractivity contribution in [2.45, 2.75) is 133 Å². The van der Waals surface area contributed by atoms with Gasteiger partial charge in [0.15, 0.2) is 0 Å². The predicted octanol–water partition coefficient (Wildman–Crippen LogP) is 10.6. The van der Waals surface area contributed by atoms with Crippen molar-refractivity contribution >= 4 is 0 Å². The monoisotopic (exact) mass is 454 g/mol. The first-order chi connectivity index (χ1) is 15.3. The molecule has 3 aliphatic rings. The lowest BCUT2D eigenvalue weighted by atomic mass is 9.51. The molecule has 0 heteroatoms. The third-order valence-electron chi connectivity index (χ3n) is 11.0. The molecule has 0 aromatic carbocycles. The normalized spacial score (nSPS) is 42.1. The van der Waals surface area contributed by atoms with Crippen molar-refractivity contribution in [1.29, 1.82) is 0 Å². The molecular formula is C33H58. The molecule has 7 atom stereocenters. The molecular weight excluding hydrogens is 396 g/mol. The van der Waals surface area contributed by atoms with E-state index in [0.717, 1.165) is 23.7 Å². The van der Waals surface area contributed by atoms with Crippen LogP contribution in [0.15, 0.2) is 24.3 Å². The summed E-state index contributed by atoms with van der Waals surface area (Å²) in [5.74, 6) is 4.05. The zero-order valence-corrected chi connectivity index (χ0v) is 24.0. The van der Waals surface area contributed by atoms with Gasteiger partial charge in [-0.1, -0.05) is 112 Å². The van der Waals surface area contributed by atoms with E-state index in [2.05, 4.69) is 86.6 Å². The van der Waals surface area contributed by atoms with Gasteiger partial charge in [-0.15, -0.1) is 0 Å². The maximum absolute atomic E-state index is 2.79. The Hall–Kier alpha value is -0.520. The summed E-state index contributed by atoms with van der Waals surface area (Å²) in [6.45, 7) is 22.5. The van der Waals surface area contributed by atoms with Gasteiger partial charge in [0, 0.05) is 0 Å². The molecule has 0 aromatic heterocycles. The lowest BCUT2D eigenvalue weighted by Crippen LogP contribution is -2.45. The van der Waals surface area contributed by atoms with E-state index in [0.29, 0.717) is 27.6 Å². The summed E-state index contributed by atoms with van der Waals surface area (Å²) >= 11 is 0. The third kappa shape index (κ3) is 5.67. The van der Waals surface area contributed by atoms with Crippen molar-refractivity contribution in [3.8, 4) is 0 Å². The molecule has 7 unspecified atom stereocenters. The first-order valence-corrected chi connectivity index (χ1v) is 14.7. The van der Waals surface area contributed by atoms with E-state index in [1.54, 1.807) is 0 Å². The van der Waals surface area contributed by atoms with Crippen LogP contribution in [0.5, 0.6) is 0 Å². The van der Waals surface area contributed by atoms with Gasteiger partial charge in [0.05, 0.1) is 0 Å². The van der Waals surface area contributed by atoms with Crippen LogP contribution in [0.3, 0.4) is 0 Å². The second-order valence-corrected chi connectivity index (χ2v) is 14.8. The Kier molecular flexibility index (Phi) is 8.39. The molecule has 2 saturated carbocycles. The average molecular weight is 455 g/mol. The smallest absolute Gasteiger partial charge is 0.00414 e. The van der Waals surface area contributed by atoms with E-state index in [-0.39, 0.29) is 0 Å². The molecule has 0 heterocycles. The Balaban J connectivity index is 1.84. The van der Waals surface area contributed by atoms with Crippen molar-refractivity contribution in [2.24, 2.45) is 51.2 Å². The molecule has 0 N–H and O–H groups in total. The minimum atomic E-state index is 0.301. The van der Waals surface area contributed by atoms with E-state index in [1.165, 1.54) is 70.6 Å². The minimum absolute atomic E-state index is 0.301. The van der Waals surface area contributed by atoms with Crippen LogP contribution in [-0.2, 0) is 0 Å². The van der Waals surface area contributed by atoms with Crippen molar-refractivity contribution in [1.82, 2.24) is 0 Å². The third-order valence-corrected chi connectivity index (χ3v) is 11.0. The van der Waals surface area contributed by atoms with E-state index in [1.807, 2.05) is 0 Å². The molecule has 0 saturated heterocycles. The van der Waals surface area contributed by atoms with Crippen molar-refractivity contribution in [2.75, 3.05) is 0 Å². The highest BCUT2D eigenvalue weighted by Gasteiger charge is 2.51. The molecule has 0 bridgehead atoms. The van der Waals surface area contributed by atoms with Crippen molar-refractivity contribution in [3.05, 3.63) is 24.3 Å². The Labute approximate surface area is 208 Å². The first-order valence-electron chi connectivity index (χ1n) is 14.7. The topological polar surface area (TPSA) is 0 Å². The van der Waals surface area contributed by atoms with Gasteiger partial charge in [0.1, 0.15) is 0 Å². The molecule has 0 nitrogen and oxygen atoms in total. The predicted molar refractivity (Wildman–Crippen MR) is 147 cm³/mol. The van der Waals surface area contributed by atoms with Gasteiger partial charge in [0.2, 0.25) is 0 Å². The molecule has 3 aliphatic carbocycles. The van der Waals surface area contributed by atoms with Crippen LogP contribution in [0.1, 0.15) is 133 Å². The SMILES string of the molecule is CC1/C=C\C2(CCCCCC3(C)C1CCC3C(C)C/C=C/C(C)(C)C)C(C)CCCC2(C)C. The van der Waals surface area contributed by atoms with Crippen LogP contribution in [0.2, 0.25) is 0 Å². The first kappa shape index (κ1) is 27.1. The zero-order chi connectivity index (χ0) is 24.5. The molecule has 0 amide bonds. The standard InChI is InChI=1S/C33H58/c1-25(15-13-20-30(4,5)6)28-17-18-29-26(2)19-24-33(23-12-10-11-22-32(28,29)9)27(3)16-14-21-31(33,7)8/h13,19-20,24-29H,10-12,14-18,21-23H2,1-9H3/b20-13+,24-19-. The van der Waals surface area contributed by atoms with Crippen LogP contribution < -0.4 is 0 Å². The average Bonchev–Trinajstić information content (AvgIpc) is 3.03. The van der Waals surface area contributed by atoms with Crippen LogP contribution in [0, 0.1) is 51.2 Å². The van der Waals surface area contributed by atoms with E-state index >= 15 is 0 Å². The van der Waals surface area contributed by atoms with Gasteiger partial charge in [-0.2, -0.15) is 0 Å². The number of allylic oxidation sites excluding steroid dienone is 4.